The summed E-state index contributed by atoms with van der Waals surface area (Å²) in [5, 5.41) is 20.0. The van der Waals surface area contributed by atoms with Crippen molar-refractivity contribution in [3.8, 4) is 0 Å². The van der Waals surface area contributed by atoms with E-state index in [0.29, 0.717) is 35.8 Å². The number of nitrogens with one attached hydrogen (secondary N) is 3. The third kappa shape index (κ3) is 4.89. The number of anilines is 2. The molecule has 0 radical (unpaired) electrons. The van der Waals surface area contributed by atoms with Gasteiger partial charge in [0, 0.05) is 42.3 Å². The second-order valence-corrected chi connectivity index (χ2v) is 11.4. The van der Waals surface area contributed by atoms with Crippen molar-refractivity contribution < 1.29 is 14.3 Å². The van der Waals surface area contributed by atoms with Crippen molar-refractivity contribution in [2.75, 3.05) is 17.2 Å². The number of carboxylic acids is 1. The summed E-state index contributed by atoms with van der Waals surface area (Å²) in [6.07, 6.45) is 4.95. The van der Waals surface area contributed by atoms with Gasteiger partial charge in [-0.1, -0.05) is 37.3 Å². The van der Waals surface area contributed by atoms with E-state index in [0.717, 1.165) is 25.7 Å². The molecule has 8 heteroatoms. The first-order valence-electron chi connectivity index (χ1n) is 13.6. The predicted molar refractivity (Wildman–Crippen MR) is 150 cm³/mol. The molecular weight excluding hydrogens is 483 g/mol. The number of rotatable bonds is 10. The van der Waals surface area contributed by atoms with Crippen LogP contribution >= 0.6 is 0 Å². The molecule has 2 saturated carbocycles. The van der Waals surface area contributed by atoms with Crippen LogP contribution in [0.3, 0.4) is 0 Å². The average Bonchev–Trinajstić information content (AvgIpc) is 3.63. The minimum atomic E-state index is -1.32. The zero-order valence-corrected chi connectivity index (χ0v) is 22.5. The van der Waals surface area contributed by atoms with E-state index in [1.165, 1.54) is 11.8 Å². The zero-order valence-electron chi connectivity index (χ0n) is 22.5. The summed E-state index contributed by atoms with van der Waals surface area (Å²) in [5.74, 6) is -1.31. The standard InChI is InChI=1S/C30H37FN4O3/c1-5-11-32-27-25-24(35(17(2)3)16-21(28(25)36)29(37)38)13-23(26(27)31)34-30(4)14-19(15-30)33-22-12-20(22)18-9-7-6-8-10-18/h6-10,13,16-17,19-20,22,32-34H,5,11-12,14-15H2,1-4H3,(H,37,38)/t19-,20-,22+,30+/m0/s1. The summed E-state index contributed by atoms with van der Waals surface area (Å²) >= 11 is 0. The van der Waals surface area contributed by atoms with Crippen LogP contribution in [0.2, 0.25) is 0 Å². The summed E-state index contributed by atoms with van der Waals surface area (Å²) < 4.78 is 17.7. The van der Waals surface area contributed by atoms with Gasteiger partial charge in [-0.25, -0.2) is 9.18 Å². The molecule has 202 valence electrons. The van der Waals surface area contributed by atoms with Gasteiger partial charge in [0.15, 0.2) is 5.82 Å². The van der Waals surface area contributed by atoms with Crippen molar-refractivity contribution in [1.82, 2.24) is 9.88 Å². The van der Waals surface area contributed by atoms with Gasteiger partial charge in [0.25, 0.3) is 0 Å². The first kappa shape index (κ1) is 26.2. The number of aromatic nitrogens is 1. The van der Waals surface area contributed by atoms with Crippen LogP contribution < -0.4 is 21.4 Å². The Morgan fingerprint density at radius 2 is 1.95 bits per heavy atom. The smallest absolute Gasteiger partial charge is 0.341 e. The Labute approximate surface area is 222 Å². The van der Waals surface area contributed by atoms with Gasteiger partial charge >= 0.3 is 5.97 Å². The molecule has 5 rings (SSSR count). The molecule has 38 heavy (non-hydrogen) atoms. The van der Waals surface area contributed by atoms with Gasteiger partial charge in [-0.3, -0.25) is 4.79 Å². The molecule has 0 saturated heterocycles. The fourth-order valence-electron chi connectivity index (χ4n) is 5.89. The van der Waals surface area contributed by atoms with Crippen LogP contribution in [0.1, 0.15) is 81.3 Å². The summed E-state index contributed by atoms with van der Waals surface area (Å²) in [7, 11) is 0. The third-order valence-corrected chi connectivity index (χ3v) is 7.90. The summed E-state index contributed by atoms with van der Waals surface area (Å²) in [5.41, 5.74) is 0.939. The highest BCUT2D eigenvalue weighted by Crippen LogP contribution is 2.44. The Hall–Kier alpha value is -3.39. The van der Waals surface area contributed by atoms with Gasteiger partial charge < -0.3 is 25.6 Å². The Balaban J connectivity index is 1.41. The van der Waals surface area contributed by atoms with Crippen LogP contribution in [0.4, 0.5) is 15.8 Å². The van der Waals surface area contributed by atoms with E-state index >= 15 is 4.39 Å². The SMILES string of the molecule is CCCNc1c(F)c(N[C@]2(C)C[C@H](N[C@@H]3C[C@H]3c3ccccc3)C2)cc2c1c(=O)c(C(=O)O)cn2C(C)C. The van der Waals surface area contributed by atoms with E-state index in [4.69, 9.17) is 0 Å². The van der Waals surface area contributed by atoms with Gasteiger partial charge in [-0.2, -0.15) is 0 Å². The molecule has 1 aromatic heterocycles. The minimum Gasteiger partial charge on any atom is -0.477 e. The highest BCUT2D eigenvalue weighted by atomic mass is 19.1. The molecule has 2 atom stereocenters. The van der Waals surface area contributed by atoms with Crippen LogP contribution in [0.25, 0.3) is 10.9 Å². The lowest BCUT2D eigenvalue weighted by molar-refractivity contribution is 0.0694. The normalized spacial score (nSPS) is 24.3. The molecule has 0 aliphatic heterocycles. The molecule has 0 unspecified atom stereocenters. The Bertz CT molecular complexity index is 1410. The van der Waals surface area contributed by atoms with Crippen LogP contribution in [0.5, 0.6) is 0 Å². The number of pyridine rings is 1. The van der Waals surface area contributed by atoms with Crippen LogP contribution in [-0.2, 0) is 0 Å². The molecule has 2 aliphatic rings. The molecule has 2 aliphatic carbocycles. The lowest BCUT2D eigenvalue weighted by atomic mass is 9.73. The third-order valence-electron chi connectivity index (χ3n) is 7.90. The maximum absolute atomic E-state index is 16.0. The van der Waals surface area contributed by atoms with Crippen LogP contribution in [-0.4, -0.2) is 39.8 Å². The first-order chi connectivity index (χ1) is 18.1. The molecule has 1 heterocycles. The van der Waals surface area contributed by atoms with Crippen LogP contribution in [0.15, 0.2) is 47.4 Å². The van der Waals surface area contributed by atoms with Crippen molar-refractivity contribution in [2.45, 2.75) is 83.0 Å². The number of hydrogen-bond acceptors (Lipinski definition) is 5. The largest absolute Gasteiger partial charge is 0.477 e. The molecule has 0 spiro atoms. The summed E-state index contributed by atoms with van der Waals surface area (Å²) in [6.45, 7) is 8.33. The van der Waals surface area contributed by atoms with Gasteiger partial charge in [0.05, 0.1) is 22.3 Å². The van der Waals surface area contributed by atoms with Crippen molar-refractivity contribution in [3.63, 3.8) is 0 Å². The minimum absolute atomic E-state index is 0.0654. The number of benzene rings is 2. The van der Waals surface area contributed by atoms with Crippen LogP contribution in [0, 0.1) is 5.82 Å². The zero-order chi connectivity index (χ0) is 27.2. The average molecular weight is 521 g/mol. The monoisotopic (exact) mass is 520 g/mol. The quantitative estimate of drug-likeness (QED) is 0.273. The van der Waals surface area contributed by atoms with Gasteiger partial charge in [0.2, 0.25) is 5.43 Å². The lowest BCUT2D eigenvalue weighted by Gasteiger charge is -2.47. The number of aromatic carboxylic acids is 1. The topological polar surface area (TPSA) is 95.4 Å². The second kappa shape index (κ2) is 10.1. The van der Waals surface area contributed by atoms with E-state index < -0.39 is 17.2 Å². The Kier molecular flexibility index (Phi) is 6.94. The van der Waals surface area contributed by atoms with E-state index in [-0.39, 0.29) is 28.2 Å². The van der Waals surface area contributed by atoms with Gasteiger partial charge in [-0.15, -0.1) is 0 Å². The van der Waals surface area contributed by atoms with E-state index in [1.807, 2.05) is 26.8 Å². The molecule has 2 aromatic carbocycles. The number of fused-ring (bicyclic) bond motifs is 1. The number of carboxylic acid groups (broad SMARTS) is 1. The van der Waals surface area contributed by atoms with Crippen molar-refractivity contribution >= 4 is 28.2 Å². The number of hydrogen-bond donors (Lipinski definition) is 4. The number of carbonyl (C=O) groups is 1. The first-order valence-corrected chi connectivity index (χ1v) is 13.6. The highest BCUT2D eigenvalue weighted by molar-refractivity contribution is 6.00. The maximum Gasteiger partial charge on any atom is 0.341 e. The Morgan fingerprint density at radius 1 is 1.24 bits per heavy atom. The summed E-state index contributed by atoms with van der Waals surface area (Å²) in [4.78, 5) is 25.0. The molecule has 7 nitrogen and oxygen atoms in total. The highest BCUT2D eigenvalue weighted by Gasteiger charge is 2.46. The van der Waals surface area contributed by atoms with Crippen molar-refractivity contribution in [2.24, 2.45) is 0 Å². The van der Waals surface area contributed by atoms with Crippen molar-refractivity contribution in [1.29, 1.82) is 0 Å². The molecule has 4 N–H and O–H groups in total. The Morgan fingerprint density at radius 3 is 2.58 bits per heavy atom. The van der Waals surface area contributed by atoms with Crippen molar-refractivity contribution in [3.05, 3.63) is 69.8 Å². The van der Waals surface area contributed by atoms with E-state index in [2.05, 4.69) is 47.1 Å². The van der Waals surface area contributed by atoms with Gasteiger partial charge in [-0.05, 0) is 58.1 Å². The lowest BCUT2D eigenvalue weighted by Crippen LogP contribution is -2.56. The van der Waals surface area contributed by atoms with E-state index in [1.54, 1.807) is 10.6 Å². The molecular formula is C30H37FN4O3. The number of nitrogens with zero attached hydrogens (tertiary/aromatic N) is 1. The molecule has 2 fully saturated rings. The molecule has 0 bridgehead atoms. The second-order valence-electron chi connectivity index (χ2n) is 11.4. The van der Waals surface area contributed by atoms with E-state index in [9.17, 15) is 14.7 Å². The molecule has 0 amide bonds. The molecule has 3 aromatic rings. The predicted octanol–water partition coefficient (Wildman–Crippen LogP) is 5.72. The maximum atomic E-state index is 16.0. The fraction of sp³-hybridized carbons (Fsp3) is 0.467. The number of halogens is 1. The summed E-state index contributed by atoms with van der Waals surface area (Å²) in [6, 6.07) is 12.9. The van der Waals surface area contributed by atoms with Gasteiger partial charge in [0.1, 0.15) is 5.56 Å². The fourth-order valence-corrected chi connectivity index (χ4v) is 5.89.